The number of primary amides is 1. The first-order chi connectivity index (χ1) is 6.86. The maximum absolute atomic E-state index is 9.82. The third-order valence-electron chi connectivity index (χ3n) is 1.31. The second-order valence-electron chi connectivity index (χ2n) is 2.82. The van der Waals surface area contributed by atoms with E-state index in [9.17, 15) is 9.59 Å². The fraction of sp³-hybridized carbons (Fsp3) is 0.750. The van der Waals surface area contributed by atoms with Gasteiger partial charge in [-0.1, -0.05) is 0 Å². The van der Waals surface area contributed by atoms with Crippen LogP contribution in [0.4, 0.5) is 0 Å². The van der Waals surface area contributed by atoms with E-state index in [1.165, 1.54) is 6.92 Å². The normalized spacial score (nSPS) is 15.5. The molecule has 0 bridgehead atoms. The molecule has 0 unspecified atom stereocenters. The van der Waals surface area contributed by atoms with E-state index in [4.69, 9.17) is 20.4 Å². The summed E-state index contributed by atoms with van der Waals surface area (Å²) in [5.74, 6) is -0.333. The number of aldehydes is 1. The summed E-state index contributed by atoms with van der Waals surface area (Å²) < 4.78 is 0. The molecule has 0 aromatic rings. The predicted octanol–water partition coefficient (Wildman–Crippen LogP) is -2.86. The molecule has 7 heteroatoms. The van der Waals surface area contributed by atoms with Crippen LogP contribution in [0.15, 0.2) is 0 Å². The number of amides is 1. The van der Waals surface area contributed by atoms with E-state index < -0.39 is 24.9 Å². The summed E-state index contributed by atoms with van der Waals surface area (Å²) in [6.07, 6.45) is -4.00. The van der Waals surface area contributed by atoms with Crippen molar-refractivity contribution in [1.29, 1.82) is 0 Å². The molecule has 7 nitrogen and oxygen atoms in total. The van der Waals surface area contributed by atoms with Gasteiger partial charge in [0.05, 0.1) is 12.7 Å². The number of hydrogen-bond acceptors (Lipinski definition) is 6. The minimum atomic E-state index is -1.47. The molecule has 0 rings (SSSR count). The standard InChI is InChI=1S/C6H12O5.C2H5NO/c7-2-1-4(9)6(11)5(10)3-8;1-2(3)4/h2,4-6,8-11H,1,3H2;1H3,(H2,3,4)/t4-,5-,6+;/m1./s1. The first-order valence-electron chi connectivity index (χ1n) is 4.21. The van der Waals surface area contributed by atoms with Crippen molar-refractivity contribution in [3.8, 4) is 0 Å². The van der Waals surface area contributed by atoms with Crippen LogP contribution in [0.3, 0.4) is 0 Å². The van der Waals surface area contributed by atoms with Crippen LogP contribution in [-0.2, 0) is 9.59 Å². The molecule has 0 saturated carbocycles. The summed E-state index contributed by atoms with van der Waals surface area (Å²) in [5.41, 5.74) is 4.47. The zero-order valence-corrected chi connectivity index (χ0v) is 8.41. The Balaban J connectivity index is 0. The molecule has 6 N–H and O–H groups in total. The quantitative estimate of drug-likeness (QED) is 0.317. The van der Waals surface area contributed by atoms with Crippen molar-refractivity contribution in [3.05, 3.63) is 0 Å². The summed E-state index contributed by atoms with van der Waals surface area (Å²) in [6, 6.07) is 0. The molecule has 0 spiro atoms. The van der Waals surface area contributed by atoms with Gasteiger partial charge in [0, 0.05) is 13.3 Å². The molecule has 1 amide bonds. The highest BCUT2D eigenvalue weighted by Gasteiger charge is 2.23. The summed E-state index contributed by atoms with van der Waals surface area (Å²) >= 11 is 0. The van der Waals surface area contributed by atoms with Crippen molar-refractivity contribution in [3.63, 3.8) is 0 Å². The predicted molar refractivity (Wildman–Crippen MR) is 50.7 cm³/mol. The van der Waals surface area contributed by atoms with E-state index in [2.05, 4.69) is 5.73 Å². The van der Waals surface area contributed by atoms with Crippen LogP contribution in [0.2, 0.25) is 0 Å². The van der Waals surface area contributed by atoms with Gasteiger partial charge in [0.1, 0.15) is 18.5 Å². The topological polar surface area (TPSA) is 141 Å². The SMILES string of the molecule is CC(N)=O.O=CC[C@@H](O)[C@H](O)[C@H](O)CO. The summed E-state index contributed by atoms with van der Waals surface area (Å²) in [4.78, 5) is 19.0. The number of aliphatic hydroxyl groups is 4. The minimum absolute atomic E-state index is 0.252. The highest BCUT2D eigenvalue weighted by Crippen LogP contribution is 2.01. The molecule has 0 aromatic heterocycles. The zero-order chi connectivity index (χ0) is 12.4. The van der Waals surface area contributed by atoms with Crippen molar-refractivity contribution in [2.24, 2.45) is 5.73 Å². The number of nitrogens with two attached hydrogens (primary N) is 1. The van der Waals surface area contributed by atoms with E-state index >= 15 is 0 Å². The summed E-state index contributed by atoms with van der Waals surface area (Å²) in [7, 11) is 0. The van der Waals surface area contributed by atoms with Gasteiger partial charge in [0.25, 0.3) is 0 Å². The molecule has 0 aliphatic heterocycles. The molecule has 3 atom stereocenters. The Hall–Kier alpha value is -1.02. The Morgan fingerprint density at radius 3 is 2.00 bits per heavy atom. The Bertz CT molecular complexity index is 182. The molecule has 0 aliphatic rings. The fourth-order valence-electron chi connectivity index (χ4n) is 0.602. The van der Waals surface area contributed by atoms with Crippen LogP contribution >= 0.6 is 0 Å². The van der Waals surface area contributed by atoms with Crippen molar-refractivity contribution in [1.82, 2.24) is 0 Å². The summed E-state index contributed by atoms with van der Waals surface area (Å²) in [5, 5.41) is 34.8. The molecule has 90 valence electrons. The minimum Gasteiger partial charge on any atom is -0.394 e. The molecule has 0 aliphatic carbocycles. The van der Waals surface area contributed by atoms with Gasteiger partial charge in [-0.3, -0.25) is 4.79 Å². The maximum atomic E-state index is 9.82. The Kier molecular flexibility index (Phi) is 10.4. The fourth-order valence-corrected chi connectivity index (χ4v) is 0.602. The molecule has 0 aromatic carbocycles. The van der Waals surface area contributed by atoms with Gasteiger partial charge in [0.15, 0.2) is 0 Å². The Morgan fingerprint density at radius 1 is 1.33 bits per heavy atom. The second-order valence-corrected chi connectivity index (χ2v) is 2.82. The van der Waals surface area contributed by atoms with Crippen molar-refractivity contribution < 1.29 is 30.0 Å². The first kappa shape index (κ1) is 16.4. The van der Waals surface area contributed by atoms with E-state index in [1.807, 2.05) is 0 Å². The lowest BCUT2D eigenvalue weighted by Crippen LogP contribution is -2.39. The lowest BCUT2D eigenvalue weighted by atomic mass is 10.1. The second kappa shape index (κ2) is 9.53. The van der Waals surface area contributed by atoms with Crippen LogP contribution < -0.4 is 5.73 Å². The van der Waals surface area contributed by atoms with Crippen LogP contribution in [0.5, 0.6) is 0 Å². The first-order valence-corrected chi connectivity index (χ1v) is 4.21. The monoisotopic (exact) mass is 223 g/mol. The molecular weight excluding hydrogens is 206 g/mol. The van der Waals surface area contributed by atoms with Crippen LogP contribution in [0.25, 0.3) is 0 Å². The zero-order valence-electron chi connectivity index (χ0n) is 8.41. The van der Waals surface area contributed by atoms with Crippen LogP contribution in [-0.4, -0.2) is 57.5 Å². The van der Waals surface area contributed by atoms with Gasteiger partial charge < -0.3 is 31.0 Å². The molecule has 0 saturated heterocycles. The third kappa shape index (κ3) is 10.9. The molecule has 0 heterocycles. The van der Waals surface area contributed by atoms with Crippen LogP contribution in [0, 0.1) is 0 Å². The van der Waals surface area contributed by atoms with Gasteiger partial charge in [-0.15, -0.1) is 0 Å². The van der Waals surface area contributed by atoms with Gasteiger partial charge >= 0.3 is 0 Å². The highest BCUT2D eigenvalue weighted by molar-refractivity contribution is 5.70. The Labute approximate surface area is 87.1 Å². The number of hydrogen-bond donors (Lipinski definition) is 5. The van der Waals surface area contributed by atoms with Gasteiger partial charge in [-0.05, 0) is 0 Å². The number of carbonyl (C=O) groups excluding carboxylic acids is 2. The number of rotatable bonds is 5. The van der Waals surface area contributed by atoms with Crippen molar-refractivity contribution in [2.75, 3.05) is 6.61 Å². The van der Waals surface area contributed by atoms with Gasteiger partial charge in [0.2, 0.25) is 5.91 Å². The lowest BCUT2D eigenvalue weighted by molar-refractivity contribution is -0.116. The molecule has 15 heavy (non-hydrogen) atoms. The lowest BCUT2D eigenvalue weighted by Gasteiger charge is -2.19. The average molecular weight is 223 g/mol. The van der Waals surface area contributed by atoms with Gasteiger partial charge in [-0.25, -0.2) is 0 Å². The highest BCUT2D eigenvalue weighted by atomic mass is 16.4. The Morgan fingerprint density at radius 2 is 1.73 bits per heavy atom. The van der Waals surface area contributed by atoms with E-state index in [-0.39, 0.29) is 12.3 Å². The molecular formula is C8H17NO6. The largest absolute Gasteiger partial charge is 0.394 e. The number of carbonyl (C=O) groups is 2. The van der Waals surface area contributed by atoms with Crippen molar-refractivity contribution >= 4 is 12.2 Å². The molecule has 0 radical (unpaired) electrons. The van der Waals surface area contributed by atoms with E-state index in [0.717, 1.165) is 0 Å². The number of aliphatic hydroxyl groups excluding tert-OH is 4. The van der Waals surface area contributed by atoms with E-state index in [1.54, 1.807) is 0 Å². The third-order valence-corrected chi connectivity index (χ3v) is 1.31. The maximum Gasteiger partial charge on any atom is 0.214 e. The van der Waals surface area contributed by atoms with Crippen molar-refractivity contribution in [2.45, 2.75) is 31.7 Å². The summed E-state index contributed by atoms with van der Waals surface area (Å²) in [6.45, 7) is 0.664. The van der Waals surface area contributed by atoms with Crippen LogP contribution in [0.1, 0.15) is 13.3 Å². The average Bonchev–Trinajstić information content (AvgIpc) is 2.15. The smallest absolute Gasteiger partial charge is 0.214 e. The van der Waals surface area contributed by atoms with E-state index in [0.29, 0.717) is 6.29 Å². The molecule has 0 fully saturated rings. The van der Waals surface area contributed by atoms with Gasteiger partial charge in [-0.2, -0.15) is 0 Å².